The number of aryl methyl sites for hydroxylation is 1. The van der Waals surface area contributed by atoms with E-state index in [1.54, 1.807) is 24.3 Å². The topological polar surface area (TPSA) is 95.7 Å². The molecule has 7 nitrogen and oxygen atoms in total. The van der Waals surface area contributed by atoms with E-state index in [2.05, 4.69) is 9.62 Å². The summed E-state index contributed by atoms with van der Waals surface area (Å²) in [7, 11) is -3.47. The summed E-state index contributed by atoms with van der Waals surface area (Å²) in [5.74, 6) is 0.158. The molecule has 2 rings (SSSR count). The minimum atomic E-state index is -3.47. The van der Waals surface area contributed by atoms with Gasteiger partial charge in [0.05, 0.1) is 4.90 Å². The number of rotatable bonds is 8. The van der Waals surface area contributed by atoms with E-state index in [-0.39, 0.29) is 10.8 Å². The van der Waals surface area contributed by atoms with Crippen molar-refractivity contribution in [2.45, 2.75) is 24.7 Å². The Morgan fingerprint density at radius 1 is 1.16 bits per heavy atom. The highest BCUT2D eigenvalue weighted by Gasteiger charge is 2.21. The first kappa shape index (κ1) is 19.8. The molecular formula is C17H28N4O3S. The van der Waals surface area contributed by atoms with Crippen molar-refractivity contribution in [3.63, 3.8) is 0 Å². The molecule has 0 bridgehead atoms. The number of carbonyl (C=O) groups excluding carboxylic acids is 1. The van der Waals surface area contributed by atoms with Crippen molar-refractivity contribution >= 4 is 15.9 Å². The van der Waals surface area contributed by atoms with Gasteiger partial charge >= 0.3 is 0 Å². The zero-order valence-electron chi connectivity index (χ0n) is 14.8. The molecule has 0 aliphatic carbocycles. The normalized spacial score (nSPS) is 16.2. The quantitative estimate of drug-likeness (QED) is 0.681. The summed E-state index contributed by atoms with van der Waals surface area (Å²) in [6, 6.07) is 6.80. The molecule has 1 saturated heterocycles. The zero-order chi connectivity index (χ0) is 18.3. The average Bonchev–Trinajstić information content (AvgIpc) is 2.60. The van der Waals surface area contributed by atoms with E-state index in [4.69, 9.17) is 5.73 Å². The molecule has 1 aromatic carbocycles. The highest BCUT2D eigenvalue weighted by Crippen LogP contribution is 2.10. The number of nitrogens with two attached hydrogens (primary N) is 1. The van der Waals surface area contributed by atoms with Crippen molar-refractivity contribution in [2.24, 2.45) is 5.73 Å². The summed E-state index contributed by atoms with van der Waals surface area (Å²) in [6.45, 7) is 6.35. The predicted octanol–water partition coefficient (Wildman–Crippen LogP) is 0.156. The first-order valence-electron chi connectivity index (χ1n) is 8.69. The van der Waals surface area contributed by atoms with E-state index in [9.17, 15) is 13.2 Å². The van der Waals surface area contributed by atoms with Crippen LogP contribution >= 0.6 is 0 Å². The summed E-state index contributed by atoms with van der Waals surface area (Å²) in [5.41, 5.74) is 6.46. The van der Waals surface area contributed by atoms with E-state index in [0.29, 0.717) is 39.1 Å². The highest BCUT2D eigenvalue weighted by atomic mass is 32.2. The Morgan fingerprint density at radius 3 is 2.40 bits per heavy atom. The number of nitrogens with one attached hydrogen (secondary N) is 1. The number of nitrogens with zero attached hydrogens (tertiary/aromatic N) is 2. The lowest BCUT2D eigenvalue weighted by atomic mass is 10.2. The van der Waals surface area contributed by atoms with Gasteiger partial charge in [0.25, 0.3) is 0 Å². The second kappa shape index (κ2) is 9.28. The van der Waals surface area contributed by atoms with Crippen LogP contribution in [0.4, 0.5) is 0 Å². The third kappa shape index (κ3) is 6.07. The second-order valence-corrected chi connectivity index (χ2v) is 8.09. The SMILES string of the molecule is Cc1ccc(S(=O)(=O)NCCN2CCN(C(=O)CCCN)CC2)cc1. The molecule has 25 heavy (non-hydrogen) atoms. The molecule has 1 aliphatic rings. The number of sulfonamides is 1. The molecule has 0 saturated carbocycles. The van der Waals surface area contributed by atoms with Gasteiger partial charge in [0, 0.05) is 45.7 Å². The Balaban J connectivity index is 1.72. The molecular weight excluding hydrogens is 340 g/mol. The summed E-state index contributed by atoms with van der Waals surface area (Å²) >= 11 is 0. The lowest BCUT2D eigenvalue weighted by Crippen LogP contribution is -2.50. The van der Waals surface area contributed by atoms with Crippen molar-refractivity contribution < 1.29 is 13.2 Å². The molecule has 0 atom stereocenters. The molecule has 8 heteroatoms. The molecule has 1 aromatic rings. The minimum Gasteiger partial charge on any atom is -0.340 e. The number of carbonyl (C=O) groups is 1. The number of amides is 1. The maximum Gasteiger partial charge on any atom is 0.240 e. The highest BCUT2D eigenvalue weighted by molar-refractivity contribution is 7.89. The Kier molecular flexibility index (Phi) is 7.37. The van der Waals surface area contributed by atoms with Crippen LogP contribution in [0.25, 0.3) is 0 Å². The van der Waals surface area contributed by atoms with Crippen LogP contribution in [0.2, 0.25) is 0 Å². The van der Waals surface area contributed by atoms with Gasteiger partial charge in [-0.05, 0) is 32.0 Å². The van der Waals surface area contributed by atoms with Crippen LogP contribution in [-0.4, -0.2) is 69.9 Å². The van der Waals surface area contributed by atoms with Crippen LogP contribution in [-0.2, 0) is 14.8 Å². The van der Waals surface area contributed by atoms with E-state index in [0.717, 1.165) is 25.1 Å². The van der Waals surface area contributed by atoms with Crippen molar-refractivity contribution in [2.75, 3.05) is 45.8 Å². The Morgan fingerprint density at radius 2 is 1.80 bits per heavy atom. The standard InChI is InChI=1S/C17H28N4O3S/c1-15-4-6-16(7-5-15)25(23,24)19-9-10-20-11-13-21(14-12-20)17(22)3-2-8-18/h4-7,19H,2-3,8-14,18H2,1H3. The van der Waals surface area contributed by atoms with Crippen LogP contribution in [0.1, 0.15) is 18.4 Å². The minimum absolute atomic E-state index is 0.158. The lowest BCUT2D eigenvalue weighted by molar-refractivity contribution is -0.133. The van der Waals surface area contributed by atoms with Crippen molar-refractivity contribution in [1.29, 1.82) is 0 Å². The van der Waals surface area contributed by atoms with Crippen molar-refractivity contribution in [3.8, 4) is 0 Å². The Hall–Kier alpha value is -1.48. The maximum absolute atomic E-state index is 12.2. The Labute approximate surface area is 150 Å². The fourth-order valence-electron chi connectivity index (χ4n) is 2.77. The number of hydrogen-bond donors (Lipinski definition) is 2. The molecule has 140 valence electrons. The van der Waals surface area contributed by atoms with Gasteiger partial charge in [-0.2, -0.15) is 0 Å². The summed E-state index contributed by atoms with van der Waals surface area (Å²) in [5, 5.41) is 0. The molecule has 0 aromatic heterocycles. The Bertz CT molecular complexity index is 653. The third-order valence-electron chi connectivity index (χ3n) is 4.37. The van der Waals surface area contributed by atoms with Crippen molar-refractivity contribution in [1.82, 2.24) is 14.5 Å². The van der Waals surface area contributed by atoms with Crippen LogP contribution < -0.4 is 10.5 Å². The molecule has 1 fully saturated rings. The van der Waals surface area contributed by atoms with E-state index in [1.165, 1.54) is 0 Å². The number of piperazine rings is 1. The van der Waals surface area contributed by atoms with Crippen LogP contribution in [0.3, 0.4) is 0 Å². The van der Waals surface area contributed by atoms with Crippen LogP contribution in [0, 0.1) is 6.92 Å². The fourth-order valence-corrected chi connectivity index (χ4v) is 3.79. The summed E-state index contributed by atoms with van der Waals surface area (Å²) in [4.78, 5) is 16.3. The van der Waals surface area contributed by atoms with Gasteiger partial charge in [0.15, 0.2) is 0 Å². The molecule has 0 unspecified atom stereocenters. The van der Waals surface area contributed by atoms with Crippen molar-refractivity contribution in [3.05, 3.63) is 29.8 Å². The molecule has 1 aliphatic heterocycles. The zero-order valence-corrected chi connectivity index (χ0v) is 15.6. The molecule has 1 heterocycles. The summed E-state index contributed by atoms with van der Waals surface area (Å²) in [6.07, 6.45) is 1.23. The van der Waals surface area contributed by atoms with Crippen LogP contribution in [0.15, 0.2) is 29.2 Å². The third-order valence-corrected chi connectivity index (χ3v) is 5.85. The van der Waals surface area contributed by atoms with E-state index in [1.807, 2.05) is 11.8 Å². The van der Waals surface area contributed by atoms with Gasteiger partial charge in [-0.3, -0.25) is 9.69 Å². The largest absolute Gasteiger partial charge is 0.340 e. The predicted molar refractivity (Wildman–Crippen MR) is 97.7 cm³/mol. The van der Waals surface area contributed by atoms with Gasteiger partial charge in [-0.1, -0.05) is 17.7 Å². The number of benzene rings is 1. The molecule has 0 spiro atoms. The smallest absolute Gasteiger partial charge is 0.240 e. The average molecular weight is 369 g/mol. The fraction of sp³-hybridized carbons (Fsp3) is 0.588. The van der Waals surface area contributed by atoms with Gasteiger partial charge in [-0.15, -0.1) is 0 Å². The van der Waals surface area contributed by atoms with Gasteiger partial charge in [0.2, 0.25) is 15.9 Å². The molecule has 3 N–H and O–H groups in total. The van der Waals surface area contributed by atoms with Gasteiger partial charge in [0.1, 0.15) is 0 Å². The first-order valence-corrected chi connectivity index (χ1v) is 10.2. The summed E-state index contributed by atoms with van der Waals surface area (Å²) < 4.78 is 27.1. The van der Waals surface area contributed by atoms with Gasteiger partial charge < -0.3 is 10.6 Å². The van der Waals surface area contributed by atoms with Crippen LogP contribution in [0.5, 0.6) is 0 Å². The lowest BCUT2D eigenvalue weighted by Gasteiger charge is -2.34. The van der Waals surface area contributed by atoms with Gasteiger partial charge in [-0.25, -0.2) is 13.1 Å². The first-order chi connectivity index (χ1) is 11.9. The van der Waals surface area contributed by atoms with E-state index >= 15 is 0 Å². The molecule has 0 radical (unpaired) electrons. The van der Waals surface area contributed by atoms with E-state index < -0.39 is 10.0 Å². The second-order valence-electron chi connectivity index (χ2n) is 6.33. The number of hydrogen-bond acceptors (Lipinski definition) is 5. The molecule has 1 amide bonds. The monoisotopic (exact) mass is 368 g/mol. The maximum atomic E-state index is 12.2.